The number of carbonyl (C=O) groups is 1. The van der Waals surface area contributed by atoms with Gasteiger partial charge in [-0.15, -0.1) is 0 Å². The number of nitrogens with one attached hydrogen (secondary N) is 2. The van der Waals surface area contributed by atoms with Crippen molar-refractivity contribution < 1.29 is 9.90 Å². The molecule has 3 rings (SSSR count). The monoisotopic (exact) mass is 263 g/mol. The summed E-state index contributed by atoms with van der Waals surface area (Å²) in [6, 6.07) is 7.17. The maximum atomic E-state index is 12.1. The number of β-amino-alcohol motifs (C(OH)–C–C–N with tert-alkyl or cyclic N) is 1. The highest BCUT2D eigenvalue weighted by molar-refractivity contribution is 7.80. The zero-order chi connectivity index (χ0) is 12.7. The summed E-state index contributed by atoms with van der Waals surface area (Å²) >= 11 is 5.23. The van der Waals surface area contributed by atoms with E-state index in [1.54, 1.807) is 4.90 Å². The van der Waals surface area contributed by atoms with E-state index < -0.39 is 0 Å². The molecule has 94 valence electrons. The van der Waals surface area contributed by atoms with E-state index in [-0.39, 0.29) is 24.6 Å². The SMILES string of the molecule is O=C1Nc2ccccc2C2NC(=S)N(CCO)C12. The van der Waals surface area contributed by atoms with Crippen molar-refractivity contribution in [1.82, 2.24) is 10.2 Å². The van der Waals surface area contributed by atoms with E-state index in [2.05, 4.69) is 10.6 Å². The van der Waals surface area contributed by atoms with E-state index in [0.29, 0.717) is 11.7 Å². The second-order valence-corrected chi connectivity index (χ2v) is 4.75. The van der Waals surface area contributed by atoms with Crippen LogP contribution in [-0.2, 0) is 4.79 Å². The molecule has 1 aromatic carbocycles. The quantitative estimate of drug-likeness (QED) is 0.667. The smallest absolute Gasteiger partial charge is 0.249 e. The van der Waals surface area contributed by atoms with Crippen molar-refractivity contribution >= 4 is 28.9 Å². The number of hydrogen-bond acceptors (Lipinski definition) is 3. The van der Waals surface area contributed by atoms with Crippen LogP contribution in [0.2, 0.25) is 0 Å². The molecule has 2 heterocycles. The Morgan fingerprint density at radius 2 is 2.17 bits per heavy atom. The molecule has 5 nitrogen and oxygen atoms in total. The number of amides is 1. The van der Waals surface area contributed by atoms with Gasteiger partial charge in [0.2, 0.25) is 5.91 Å². The average Bonchev–Trinajstić information content (AvgIpc) is 2.68. The van der Waals surface area contributed by atoms with Crippen molar-refractivity contribution in [3.63, 3.8) is 0 Å². The van der Waals surface area contributed by atoms with Gasteiger partial charge >= 0.3 is 0 Å². The summed E-state index contributed by atoms with van der Waals surface area (Å²) in [6.07, 6.45) is 0. The van der Waals surface area contributed by atoms with Crippen LogP contribution in [0.25, 0.3) is 0 Å². The first-order valence-electron chi connectivity index (χ1n) is 5.80. The standard InChI is InChI=1S/C12H13N3O2S/c16-6-5-15-10-9(14-12(15)18)7-3-1-2-4-8(7)13-11(10)17/h1-4,9-10,16H,5-6H2,(H,13,17)(H,14,18). The van der Waals surface area contributed by atoms with Crippen molar-refractivity contribution in [2.45, 2.75) is 12.1 Å². The Kier molecular flexibility index (Phi) is 2.68. The number of hydrogen-bond donors (Lipinski definition) is 3. The maximum Gasteiger partial charge on any atom is 0.249 e. The van der Waals surface area contributed by atoms with Gasteiger partial charge in [-0.2, -0.15) is 0 Å². The molecule has 3 N–H and O–H groups in total. The highest BCUT2D eigenvalue weighted by atomic mass is 32.1. The molecule has 0 aromatic heterocycles. The molecular formula is C12H13N3O2S. The summed E-state index contributed by atoms with van der Waals surface area (Å²) in [5, 5.41) is 15.6. The second kappa shape index (κ2) is 4.22. The number of fused-ring (bicyclic) bond motifs is 3. The van der Waals surface area contributed by atoms with Gasteiger partial charge in [-0.3, -0.25) is 4.79 Å². The number of aliphatic hydroxyl groups is 1. The fourth-order valence-electron chi connectivity index (χ4n) is 2.58. The maximum absolute atomic E-state index is 12.1. The summed E-state index contributed by atoms with van der Waals surface area (Å²) < 4.78 is 0. The zero-order valence-corrected chi connectivity index (χ0v) is 10.4. The lowest BCUT2D eigenvalue weighted by atomic mass is 9.94. The molecule has 0 saturated carbocycles. The molecule has 2 aliphatic rings. The lowest BCUT2D eigenvalue weighted by molar-refractivity contribution is -0.120. The number of benzene rings is 1. The van der Waals surface area contributed by atoms with Gasteiger partial charge in [-0.05, 0) is 18.3 Å². The molecule has 2 atom stereocenters. The molecule has 6 heteroatoms. The minimum absolute atomic E-state index is 0.0278. The molecular weight excluding hydrogens is 250 g/mol. The second-order valence-electron chi connectivity index (χ2n) is 4.37. The van der Waals surface area contributed by atoms with E-state index in [1.807, 2.05) is 24.3 Å². The Labute approximate surface area is 110 Å². The molecule has 0 radical (unpaired) electrons. The van der Waals surface area contributed by atoms with Gasteiger partial charge in [-0.25, -0.2) is 0 Å². The summed E-state index contributed by atoms with van der Waals surface area (Å²) in [5.74, 6) is -0.0838. The van der Waals surface area contributed by atoms with Crippen LogP contribution in [0.3, 0.4) is 0 Å². The highest BCUT2D eigenvalue weighted by Gasteiger charge is 2.45. The third-order valence-electron chi connectivity index (χ3n) is 3.35. The van der Waals surface area contributed by atoms with E-state index in [1.165, 1.54) is 0 Å². The molecule has 2 aliphatic heterocycles. The first kappa shape index (κ1) is 11.4. The third-order valence-corrected chi connectivity index (χ3v) is 3.71. The topological polar surface area (TPSA) is 64.6 Å². The van der Waals surface area contributed by atoms with E-state index >= 15 is 0 Å². The van der Waals surface area contributed by atoms with Crippen LogP contribution in [0.1, 0.15) is 11.6 Å². The Morgan fingerprint density at radius 3 is 2.94 bits per heavy atom. The number of thiocarbonyl (C=S) groups is 1. The summed E-state index contributed by atoms with van der Waals surface area (Å²) in [4.78, 5) is 13.9. The predicted molar refractivity (Wildman–Crippen MR) is 71.1 cm³/mol. The Hall–Kier alpha value is -1.66. The lowest BCUT2D eigenvalue weighted by Crippen LogP contribution is -2.46. The van der Waals surface area contributed by atoms with Gasteiger partial charge in [0.05, 0.1) is 12.6 Å². The Morgan fingerprint density at radius 1 is 1.39 bits per heavy atom. The van der Waals surface area contributed by atoms with Crippen molar-refractivity contribution in [3.05, 3.63) is 29.8 Å². The van der Waals surface area contributed by atoms with E-state index in [9.17, 15) is 4.79 Å². The third kappa shape index (κ3) is 1.57. The van der Waals surface area contributed by atoms with Crippen LogP contribution in [0.15, 0.2) is 24.3 Å². The van der Waals surface area contributed by atoms with Crippen LogP contribution >= 0.6 is 12.2 Å². The van der Waals surface area contributed by atoms with Crippen LogP contribution in [0.5, 0.6) is 0 Å². The minimum atomic E-state index is -0.375. The first-order valence-corrected chi connectivity index (χ1v) is 6.21. The van der Waals surface area contributed by atoms with Gasteiger partial charge in [0, 0.05) is 17.8 Å². The first-order chi connectivity index (χ1) is 8.72. The highest BCUT2D eigenvalue weighted by Crippen LogP contribution is 2.36. The van der Waals surface area contributed by atoms with E-state index in [4.69, 9.17) is 17.3 Å². The summed E-state index contributed by atoms with van der Waals surface area (Å²) in [5.41, 5.74) is 1.86. The number of aliphatic hydroxyl groups excluding tert-OH is 1. The van der Waals surface area contributed by atoms with Crippen LogP contribution in [0, 0.1) is 0 Å². The fourth-order valence-corrected chi connectivity index (χ4v) is 2.91. The molecule has 0 bridgehead atoms. The van der Waals surface area contributed by atoms with E-state index in [0.717, 1.165) is 11.3 Å². The van der Waals surface area contributed by atoms with Gasteiger partial charge in [0.25, 0.3) is 0 Å². The zero-order valence-electron chi connectivity index (χ0n) is 9.59. The number of para-hydroxylation sites is 1. The fraction of sp³-hybridized carbons (Fsp3) is 0.333. The summed E-state index contributed by atoms with van der Waals surface area (Å²) in [7, 11) is 0. The van der Waals surface area contributed by atoms with Gasteiger partial charge in [0.15, 0.2) is 5.11 Å². The van der Waals surface area contributed by atoms with Crippen LogP contribution in [0.4, 0.5) is 5.69 Å². The molecule has 1 amide bonds. The normalized spacial score (nSPS) is 25.3. The van der Waals surface area contributed by atoms with Crippen molar-refractivity contribution in [2.24, 2.45) is 0 Å². The van der Waals surface area contributed by atoms with Gasteiger partial charge in [0.1, 0.15) is 6.04 Å². The number of nitrogens with zero attached hydrogens (tertiary/aromatic N) is 1. The lowest BCUT2D eigenvalue weighted by Gasteiger charge is -2.31. The minimum Gasteiger partial charge on any atom is -0.395 e. The van der Waals surface area contributed by atoms with Crippen molar-refractivity contribution in [3.8, 4) is 0 Å². The van der Waals surface area contributed by atoms with Crippen molar-refractivity contribution in [1.29, 1.82) is 0 Å². The van der Waals surface area contributed by atoms with Crippen LogP contribution < -0.4 is 10.6 Å². The molecule has 0 aliphatic carbocycles. The molecule has 1 aromatic rings. The molecule has 18 heavy (non-hydrogen) atoms. The number of rotatable bonds is 2. The average molecular weight is 263 g/mol. The van der Waals surface area contributed by atoms with Gasteiger partial charge < -0.3 is 20.6 Å². The Bertz CT molecular complexity index is 520. The molecule has 1 saturated heterocycles. The molecule has 2 unspecified atom stereocenters. The summed E-state index contributed by atoms with van der Waals surface area (Å²) in [6.45, 7) is 0.336. The number of carbonyl (C=O) groups excluding carboxylic acids is 1. The predicted octanol–water partition coefficient (Wildman–Crippen LogP) is 0.231. The van der Waals surface area contributed by atoms with Crippen LogP contribution in [-0.4, -0.2) is 40.2 Å². The van der Waals surface area contributed by atoms with Crippen molar-refractivity contribution in [2.75, 3.05) is 18.5 Å². The van der Waals surface area contributed by atoms with Gasteiger partial charge in [-0.1, -0.05) is 18.2 Å². The molecule has 1 fully saturated rings. The Balaban J connectivity index is 2.02. The number of anilines is 1. The largest absolute Gasteiger partial charge is 0.395 e. The molecule has 0 spiro atoms.